The molecule has 2 aliphatic rings. The Hall–Kier alpha value is -3.89. The highest BCUT2D eigenvalue weighted by atomic mass is 16.5. The number of piperazine rings is 1. The number of hydrogen-bond acceptors (Lipinski definition) is 7. The number of aromatic nitrogens is 3. The maximum atomic E-state index is 13.1. The molecule has 2 fully saturated rings. The Morgan fingerprint density at radius 3 is 2.44 bits per heavy atom. The van der Waals surface area contributed by atoms with Gasteiger partial charge in [-0.15, -0.1) is 0 Å². The van der Waals surface area contributed by atoms with Crippen molar-refractivity contribution < 1.29 is 18.8 Å². The maximum Gasteiger partial charge on any atom is 0.328 e. The summed E-state index contributed by atoms with van der Waals surface area (Å²) in [6.07, 6.45) is 4.40. The van der Waals surface area contributed by atoms with Crippen molar-refractivity contribution in [2.24, 2.45) is 11.8 Å². The minimum absolute atomic E-state index is 0.0753. The molecule has 0 unspecified atom stereocenters. The third kappa shape index (κ3) is 4.65. The zero-order chi connectivity index (χ0) is 25.2. The minimum Gasteiger partial charge on any atom is -0.497 e. The molecule has 1 aliphatic carbocycles. The molecule has 190 valence electrons. The third-order valence-electron chi connectivity index (χ3n) is 7.35. The molecule has 1 N–H and O–H groups in total. The summed E-state index contributed by atoms with van der Waals surface area (Å²) in [4.78, 5) is 57.4. The number of fused-ring (bicyclic) bond motifs is 1. The molecule has 1 saturated heterocycles. The molecule has 1 aromatic carbocycles. The number of benzene rings is 1. The van der Waals surface area contributed by atoms with Gasteiger partial charge in [0.15, 0.2) is 0 Å². The lowest BCUT2D eigenvalue weighted by atomic mass is 9.81. The van der Waals surface area contributed by atoms with Crippen LogP contribution >= 0.6 is 0 Å². The van der Waals surface area contributed by atoms with Crippen LogP contribution in [-0.2, 0) is 11.3 Å². The first kappa shape index (κ1) is 23.8. The molecule has 2 amide bonds. The predicted octanol–water partition coefficient (Wildman–Crippen LogP) is 1.48. The van der Waals surface area contributed by atoms with Crippen LogP contribution in [0.25, 0.3) is 10.9 Å². The zero-order valence-electron chi connectivity index (χ0n) is 20.1. The van der Waals surface area contributed by atoms with Crippen molar-refractivity contribution in [3.63, 3.8) is 0 Å². The SMILES string of the molecule is COc1ccc2[nH]c(=O)n(CC3CCC(C(=O)N4CCN(C(=O)c5ccno5)CC4)CC3)c(=O)c2c1. The van der Waals surface area contributed by atoms with E-state index in [9.17, 15) is 19.2 Å². The van der Waals surface area contributed by atoms with Gasteiger partial charge in [0.1, 0.15) is 5.75 Å². The van der Waals surface area contributed by atoms with E-state index in [1.807, 2.05) is 4.90 Å². The van der Waals surface area contributed by atoms with E-state index in [0.717, 1.165) is 25.7 Å². The Bertz CT molecular complexity index is 1360. The molecule has 0 radical (unpaired) electrons. The van der Waals surface area contributed by atoms with Crippen LogP contribution in [0.3, 0.4) is 0 Å². The Labute approximate surface area is 206 Å². The Morgan fingerprint density at radius 1 is 1.06 bits per heavy atom. The fourth-order valence-corrected chi connectivity index (χ4v) is 5.24. The van der Waals surface area contributed by atoms with Crippen LogP contribution in [-0.4, -0.2) is 69.6 Å². The number of nitrogens with one attached hydrogen (secondary N) is 1. The van der Waals surface area contributed by atoms with Crippen LogP contribution in [0, 0.1) is 11.8 Å². The Kier molecular flexibility index (Phi) is 6.62. The number of H-pyrrole nitrogens is 1. The summed E-state index contributed by atoms with van der Waals surface area (Å²) in [7, 11) is 1.53. The second kappa shape index (κ2) is 10.00. The molecule has 11 nitrogen and oxygen atoms in total. The number of hydrogen-bond donors (Lipinski definition) is 1. The molecule has 5 rings (SSSR count). The first-order valence-corrected chi connectivity index (χ1v) is 12.2. The van der Waals surface area contributed by atoms with Crippen LogP contribution in [0.1, 0.15) is 36.2 Å². The number of amides is 2. The van der Waals surface area contributed by atoms with Crippen LogP contribution in [0.5, 0.6) is 5.75 Å². The molecule has 3 aromatic rings. The highest BCUT2D eigenvalue weighted by molar-refractivity contribution is 5.91. The van der Waals surface area contributed by atoms with Crippen molar-refractivity contribution in [1.29, 1.82) is 0 Å². The van der Waals surface area contributed by atoms with Crippen molar-refractivity contribution in [1.82, 2.24) is 24.5 Å². The molecule has 1 saturated carbocycles. The molecule has 2 aromatic heterocycles. The van der Waals surface area contributed by atoms with Crippen molar-refractivity contribution in [3.05, 3.63) is 57.1 Å². The van der Waals surface area contributed by atoms with Crippen LogP contribution in [0.2, 0.25) is 0 Å². The number of aromatic amines is 1. The lowest BCUT2D eigenvalue weighted by Gasteiger charge is -2.37. The number of carbonyl (C=O) groups excluding carboxylic acids is 2. The molecule has 11 heteroatoms. The van der Waals surface area contributed by atoms with E-state index < -0.39 is 5.69 Å². The van der Waals surface area contributed by atoms with Crippen molar-refractivity contribution in [2.75, 3.05) is 33.3 Å². The standard InChI is InChI=1S/C25H29N5O6/c1-35-18-6-7-20-19(14-18)23(32)30(25(34)27-20)15-16-2-4-17(5-3-16)22(31)28-10-12-29(13-11-28)24(33)21-8-9-26-36-21/h6-9,14,16-17H,2-5,10-13,15H2,1H3,(H,27,34). The van der Waals surface area contributed by atoms with Gasteiger partial charge in [0, 0.05) is 44.7 Å². The third-order valence-corrected chi connectivity index (χ3v) is 7.35. The van der Waals surface area contributed by atoms with E-state index in [1.165, 1.54) is 23.9 Å². The van der Waals surface area contributed by atoms with Crippen LogP contribution in [0.4, 0.5) is 0 Å². The van der Waals surface area contributed by atoms with E-state index in [2.05, 4.69) is 10.1 Å². The Morgan fingerprint density at radius 2 is 1.78 bits per heavy atom. The van der Waals surface area contributed by atoms with E-state index >= 15 is 0 Å². The summed E-state index contributed by atoms with van der Waals surface area (Å²) in [6, 6.07) is 6.55. The van der Waals surface area contributed by atoms with Gasteiger partial charge in [-0.05, 0) is 49.8 Å². The Balaban J connectivity index is 1.17. The molecular formula is C25H29N5O6. The van der Waals surface area contributed by atoms with Crippen LogP contribution < -0.4 is 16.0 Å². The molecule has 3 heterocycles. The van der Waals surface area contributed by atoms with E-state index in [-0.39, 0.29) is 35.0 Å². The number of nitrogens with zero attached hydrogens (tertiary/aromatic N) is 4. The first-order chi connectivity index (χ1) is 17.4. The molecule has 0 bridgehead atoms. The van der Waals surface area contributed by atoms with Crippen molar-refractivity contribution in [3.8, 4) is 5.75 Å². The summed E-state index contributed by atoms with van der Waals surface area (Å²) in [5.74, 6) is 0.739. The topological polar surface area (TPSA) is 131 Å². The second-order valence-electron chi connectivity index (χ2n) is 9.47. The highest BCUT2D eigenvalue weighted by Gasteiger charge is 2.33. The normalized spacial score (nSPS) is 20.5. The van der Waals surface area contributed by atoms with E-state index in [1.54, 1.807) is 23.1 Å². The van der Waals surface area contributed by atoms with Gasteiger partial charge in [-0.25, -0.2) is 4.79 Å². The fraction of sp³-hybridized carbons (Fsp3) is 0.480. The molecular weight excluding hydrogens is 466 g/mol. The van der Waals surface area contributed by atoms with Gasteiger partial charge in [-0.2, -0.15) is 0 Å². The predicted molar refractivity (Wildman–Crippen MR) is 130 cm³/mol. The number of rotatable bonds is 5. The molecule has 36 heavy (non-hydrogen) atoms. The van der Waals surface area contributed by atoms with Gasteiger partial charge in [-0.1, -0.05) is 5.16 Å². The van der Waals surface area contributed by atoms with Gasteiger partial charge in [0.25, 0.3) is 11.5 Å². The summed E-state index contributed by atoms with van der Waals surface area (Å²) >= 11 is 0. The van der Waals surface area contributed by atoms with Crippen LogP contribution in [0.15, 0.2) is 44.6 Å². The summed E-state index contributed by atoms with van der Waals surface area (Å²) in [5, 5.41) is 3.99. The minimum atomic E-state index is -0.423. The molecule has 0 atom stereocenters. The molecule has 1 aliphatic heterocycles. The summed E-state index contributed by atoms with van der Waals surface area (Å²) in [6.45, 7) is 2.22. The number of carbonyl (C=O) groups is 2. The maximum absolute atomic E-state index is 13.1. The largest absolute Gasteiger partial charge is 0.497 e. The average Bonchev–Trinajstić information content (AvgIpc) is 3.46. The quantitative estimate of drug-likeness (QED) is 0.567. The smallest absolute Gasteiger partial charge is 0.328 e. The lowest BCUT2D eigenvalue weighted by Crippen LogP contribution is -2.52. The zero-order valence-corrected chi connectivity index (χ0v) is 20.1. The first-order valence-electron chi connectivity index (χ1n) is 12.2. The van der Waals surface area contributed by atoms with Gasteiger partial charge in [0.2, 0.25) is 11.7 Å². The number of ether oxygens (including phenoxy) is 1. The lowest BCUT2D eigenvalue weighted by molar-refractivity contribution is -0.138. The average molecular weight is 496 g/mol. The van der Waals surface area contributed by atoms with E-state index in [4.69, 9.17) is 9.26 Å². The van der Waals surface area contributed by atoms with E-state index in [0.29, 0.717) is 49.4 Å². The monoisotopic (exact) mass is 495 g/mol. The van der Waals surface area contributed by atoms with Gasteiger partial charge in [0.05, 0.1) is 24.2 Å². The molecule has 0 spiro atoms. The fourth-order valence-electron chi connectivity index (χ4n) is 5.24. The highest BCUT2D eigenvalue weighted by Crippen LogP contribution is 2.31. The summed E-state index contributed by atoms with van der Waals surface area (Å²) in [5.41, 5.74) is -0.267. The number of methoxy groups -OCH3 is 1. The van der Waals surface area contributed by atoms with Crippen molar-refractivity contribution in [2.45, 2.75) is 32.2 Å². The summed E-state index contributed by atoms with van der Waals surface area (Å²) < 4.78 is 11.4. The van der Waals surface area contributed by atoms with Gasteiger partial charge in [-0.3, -0.25) is 19.0 Å². The second-order valence-corrected chi connectivity index (χ2v) is 9.47. The van der Waals surface area contributed by atoms with Gasteiger partial charge >= 0.3 is 5.69 Å². The van der Waals surface area contributed by atoms with Gasteiger partial charge < -0.3 is 24.0 Å². The van der Waals surface area contributed by atoms with Crippen molar-refractivity contribution >= 4 is 22.7 Å².